The van der Waals surface area contributed by atoms with Gasteiger partial charge in [-0.3, -0.25) is 5.10 Å². The summed E-state index contributed by atoms with van der Waals surface area (Å²) in [6.07, 6.45) is 8.17. The second-order valence-corrected chi connectivity index (χ2v) is 11.3. The Morgan fingerprint density at radius 1 is 1.07 bits per heavy atom. The smallest absolute Gasteiger partial charge is 0.407 e. The van der Waals surface area contributed by atoms with Gasteiger partial charge in [-0.15, -0.1) is 10.2 Å². The third kappa shape index (κ3) is 6.16. The Labute approximate surface area is 234 Å². The van der Waals surface area contributed by atoms with E-state index in [0.29, 0.717) is 5.88 Å². The summed E-state index contributed by atoms with van der Waals surface area (Å²) in [7, 11) is 3.66. The number of hydrogen-bond acceptors (Lipinski definition) is 8. The molecule has 3 aromatic heterocycles. The first-order valence-corrected chi connectivity index (χ1v) is 13.7. The summed E-state index contributed by atoms with van der Waals surface area (Å²) in [4.78, 5) is 18.8. The number of fused-ring (bicyclic) bond motifs is 1. The molecule has 0 aliphatic heterocycles. The summed E-state index contributed by atoms with van der Waals surface area (Å²) in [6, 6.07) is 12.3. The van der Waals surface area contributed by atoms with Gasteiger partial charge in [0.05, 0.1) is 24.5 Å². The second-order valence-electron chi connectivity index (χ2n) is 11.3. The van der Waals surface area contributed by atoms with E-state index in [2.05, 4.69) is 48.7 Å². The number of aromatic nitrogens is 5. The second kappa shape index (κ2) is 11.5. The van der Waals surface area contributed by atoms with E-state index in [1.165, 1.54) is 0 Å². The third-order valence-electron chi connectivity index (χ3n) is 7.32. The molecule has 1 aliphatic rings. The minimum atomic E-state index is -0.517. The van der Waals surface area contributed by atoms with Gasteiger partial charge in [0.15, 0.2) is 5.82 Å². The molecule has 5 rings (SSSR count). The molecule has 0 radical (unpaired) electrons. The van der Waals surface area contributed by atoms with Crippen molar-refractivity contribution in [2.45, 2.75) is 70.6 Å². The van der Waals surface area contributed by atoms with Gasteiger partial charge < -0.3 is 19.7 Å². The van der Waals surface area contributed by atoms with Crippen LogP contribution in [0.2, 0.25) is 0 Å². The van der Waals surface area contributed by atoms with Crippen LogP contribution in [0.1, 0.15) is 52.9 Å². The van der Waals surface area contributed by atoms with Crippen LogP contribution in [-0.2, 0) is 4.74 Å². The first-order chi connectivity index (χ1) is 19.2. The molecule has 10 nitrogen and oxygen atoms in total. The topological polar surface area (TPSA) is 118 Å². The number of nitrogens with one attached hydrogen (secondary N) is 2. The maximum absolute atomic E-state index is 12.4. The number of carbonyl (C=O) groups excluding carboxylic acids is 1. The van der Waals surface area contributed by atoms with Crippen LogP contribution >= 0.6 is 0 Å². The quantitative estimate of drug-likeness (QED) is 0.295. The van der Waals surface area contributed by atoms with Gasteiger partial charge in [0.2, 0.25) is 5.88 Å². The molecule has 2 N–H and O–H groups in total. The third-order valence-corrected chi connectivity index (χ3v) is 7.32. The number of rotatable bonds is 6. The standard InChI is InChI=1S/C30H37N7O3/c1-30(2,3)40-29(38)33-20-8-6-7-9-21(17-20)37(4)26-13-12-25(34-35-26)23-11-10-22(24-18-32-36-28(23)24)19-14-15-31-27(16-19)39-5/h10-16,18,20-21H,6-9,17H2,1-5H3,(H,32,36)(H,33,38). The lowest BCUT2D eigenvalue weighted by atomic mass is 9.99. The van der Waals surface area contributed by atoms with Crippen molar-refractivity contribution < 1.29 is 14.3 Å². The number of nitrogens with zero attached hydrogens (tertiary/aromatic N) is 5. The van der Waals surface area contributed by atoms with Crippen molar-refractivity contribution in [3.8, 4) is 28.3 Å². The highest BCUT2D eigenvalue weighted by molar-refractivity contribution is 6.02. The number of benzene rings is 1. The zero-order chi connectivity index (χ0) is 28.3. The maximum atomic E-state index is 12.4. The Kier molecular flexibility index (Phi) is 7.86. The number of hydrogen-bond donors (Lipinski definition) is 2. The molecule has 0 spiro atoms. The molecule has 1 aromatic carbocycles. The molecule has 1 amide bonds. The number of carbonyl (C=O) groups is 1. The molecule has 40 heavy (non-hydrogen) atoms. The number of aromatic amines is 1. The largest absolute Gasteiger partial charge is 0.481 e. The van der Waals surface area contributed by atoms with Gasteiger partial charge in [0, 0.05) is 42.3 Å². The zero-order valence-corrected chi connectivity index (χ0v) is 23.8. The lowest BCUT2D eigenvalue weighted by Crippen LogP contribution is -2.43. The number of pyridine rings is 1. The first kappa shape index (κ1) is 27.4. The molecule has 0 saturated heterocycles. The number of H-pyrrole nitrogens is 1. The van der Waals surface area contributed by atoms with Crippen LogP contribution in [0.5, 0.6) is 5.88 Å². The van der Waals surface area contributed by atoms with Crippen LogP contribution in [-0.4, -0.2) is 63.3 Å². The molecule has 2 unspecified atom stereocenters. The number of methoxy groups -OCH3 is 1. The van der Waals surface area contributed by atoms with E-state index in [-0.39, 0.29) is 18.2 Å². The fraction of sp³-hybridized carbons (Fsp3) is 0.433. The minimum absolute atomic E-state index is 0.0598. The van der Waals surface area contributed by atoms with Crippen molar-refractivity contribution >= 4 is 22.8 Å². The van der Waals surface area contributed by atoms with E-state index in [1.807, 2.05) is 57.3 Å². The lowest BCUT2D eigenvalue weighted by molar-refractivity contribution is 0.0498. The van der Waals surface area contributed by atoms with Gasteiger partial charge in [-0.2, -0.15) is 5.10 Å². The average Bonchev–Trinajstić information content (AvgIpc) is 3.31. The fourth-order valence-electron chi connectivity index (χ4n) is 5.33. The number of anilines is 1. The van der Waals surface area contributed by atoms with Crippen LogP contribution < -0.4 is 15.0 Å². The zero-order valence-electron chi connectivity index (χ0n) is 23.8. The van der Waals surface area contributed by atoms with Crippen LogP contribution in [0.15, 0.2) is 48.8 Å². The van der Waals surface area contributed by atoms with Gasteiger partial charge in [0.1, 0.15) is 5.60 Å². The average molecular weight is 544 g/mol. The van der Waals surface area contributed by atoms with Crippen molar-refractivity contribution in [1.82, 2.24) is 30.7 Å². The summed E-state index contributed by atoms with van der Waals surface area (Å²) >= 11 is 0. The summed E-state index contributed by atoms with van der Waals surface area (Å²) in [5.74, 6) is 1.36. The number of amides is 1. The first-order valence-electron chi connectivity index (χ1n) is 13.7. The van der Waals surface area contributed by atoms with E-state index in [0.717, 1.165) is 71.2 Å². The summed E-state index contributed by atoms with van der Waals surface area (Å²) in [5, 5.41) is 20.7. The van der Waals surface area contributed by atoms with Crippen molar-refractivity contribution in [1.29, 1.82) is 0 Å². The Hall–Kier alpha value is -4.21. The molecule has 2 atom stereocenters. The highest BCUT2D eigenvalue weighted by atomic mass is 16.6. The van der Waals surface area contributed by atoms with Gasteiger partial charge in [-0.25, -0.2) is 9.78 Å². The number of ether oxygens (including phenoxy) is 2. The SMILES string of the molecule is COc1cc(-c2ccc(-c3ccc(N(C)C4CCCCC(NC(=O)OC(C)(C)C)C4)nn3)c3[nH]ncc23)ccn1. The molecular weight excluding hydrogens is 506 g/mol. The Balaban J connectivity index is 1.33. The Bertz CT molecular complexity index is 1460. The molecular formula is C30H37N7O3. The number of alkyl carbamates (subject to hydrolysis) is 1. The maximum Gasteiger partial charge on any atom is 0.407 e. The highest BCUT2D eigenvalue weighted by Gasteiger charge is 2.27. The lowest BCUT2D eigenvalue weighted by Gasteiger charge is -2.30. The van der Waals surface area contributed by atoms with Gasteiger partial charge in [-0.1, -0.05) is 18.9 Å². The summed E-state index contributed by atoms with van der Waals surface area (Å²) in [5.41, 5.74) is 4.09. The molecule has 1 aliphatic carbocycles. The summed E-state index contributed by atoms with van der Waals surface area (Å²) < 4.78 is 10.8. The fourth-order valence-corrected chi connectivity index (χ4v) is 5.33. The van der Waals surface area contributed by atoms with Gasteiger partial charge in [-0.05, 0) is 75.4 Å². The van der Waals surface area contributed by atoms with Crippen molar-refractivity contribution in [3.05, 3.63) is 48.8 Å². The van der Waals surface area contributed by atoms with Crippen LogP contribution in [0.4, 0.5) is 10.6 Å². The van der Waals surface area contributed by atoms with E-state index < -0.39 is 5.60 Å². The van der Waals surface area contributed by atoms with Crippen LogP contribution in [0, 0.1) is 0 Å². The van der Waals surface area contributed by atoms with E-state index >= 15 is 0 Å². The Morgan fingerprint density at radius 3 is 2.62 bits per heavy atom. The monoisotopic (exact) mass is 543 g/mol. The van der Waals surface area contributed by atoms with Gasteiger partial charge >= 0.3 is 6.09 Å². The van der Waals surface area contributed by atoms with Crippen molar-refractivity contribution in [2.24, 2.45) is 0 Å². The molecule has 210 valence electrons. The van der Waals surface area contributed by atoms with E-state index in [9.17, 15) is 4.79 Å². The predicted octanol–water partition coefficient (Wildman–Crippen LogP) is 5.75. The van der Waals surface area contributed by atoms with Gasteiger partial charge in [0.25, 0.3) is 0 Å². The highest BCUT2D eigenvalue weighted by Crippen LogP contribution is 2.35. The molecule has 1 saturated carbocycles. The van der Waals surface area contributed by atoms with Crippen LogP contribution in [0.3, 0.4) is 0 Å². The Morgan fingerprint density at radius 2 is 1.88 bits per heavy atom. The van der Waals surface area contributed by atoms with E-state index in [4.69, 9.17) is 9.47 Å². The predicted molar refractivity (Wildman–Crippen MR) is 155 cm³/mol. The molecule has 3 heterocycles. The minimum Gasteiger partial charge on any atom is -0.481 e. The van der Waals surface area contributed by atoms with E-state index in [1.54, 1.807) is 13.3 Å². The molecule has 10 heteroatoms. The molecule has 1 fully saturated rings. The van der Waals surface area contributed by atoms with Crippen molar-refractivity contribution in [2.75, 3.05) is 19.1 Å². The molecule has 0 bridgehead atoms. The molecule has 4 aromatic rings. The van der Waals surface area contributed by atoms with Crippen LogP contribution in [0.25, 0.3) is 33.3 Å². The summed E-state index contributed by atoms with van der Waals surface area (Å²) in [6.45, 7) is 5.63. The van der Waals surface area contributed by atoms with Crippen molar-refractivity contribution in [3.63, 3.8) is 0 Å². The normalized spacial score (nSPS) is 17.7.